The van der Waals surface area contributed by atoms with Crippen LogP contribution in [0.15, 0.2) is 121 Å². The topological polar surface area (TPSA) is 0 Å². The Morgan fingerprint density at radius 2 is 0.543 bits per heavy atom. The normalized spacial score (nSPS) is 12.9. The number of rotatable bonds is 4. The second kappa shape index (κ2) is 13.8. The van der Waals surface area contributed by atoms with Gasteiger partial charge in [0.1, 0.15) is 0 Å². The van der Waals surface area contributed by atoms with Crippen LogP contribution in [-0.2, 0) is 44.8 Å². The summed E-state index contributed by atoms with van der Waals surface area (Å²) in [5, 5.41) is -0.576. The number of hydrogen-bond donors (Lipinski definition) is 0. The molecule has 0 nitrogen and oxygen atoms in total. The van der Waals surface area contributed by atoms with Crippen molar-refractivity contribution in [1.82, 2.24) is 0 Å². The van der Waals surface area contributed by atoms with Gasteiger partial charge in [-0.1, -0.05) is 0 Å². The van der Waals surface area contributed by atoms with Gasteiger partial charge >= 0.3 is 233 Å². The molecule has 0 N–H and O–H groups in total. The van der Waals surface area contributed by atoms with Gasteiger partial charge in [0.05, 0.1) is 0 Å². The fraction of sp³-hybridized carbons (Fsp3) is 0. The molecule has 0 unspecified atom stereocenters. The molecular formula is C29H31Au2Br2P2-2. The predicted octanol–water partition coefficient (Wildman–Crippen LogP) is 8.61. The molecule has 1 radical (unpaired) electrons. The minimum absolute atomic E-state index is 0. The standard InChI is InChI=1S/2C14H14BrP.CH3.2Au/c2*1-16(2,15,13-9-5-3-6-10-13)14-11-7-4-8-12-14;;;/h2*3-12H,1-2H2;1H3;;/q2*-2;-1;;+3. The van der Waals surface area contributed by atoms with Gasteiger partial charge in [-0.25, -0.2) is 0 Å². The third-order valence-electron chi connectivity index (χ3n) is 5.39. The van der Waals surface area contributed by atoms with E-state index in [9.17, 15) is 0 Å². The molecule has 0 fully saturated rings. The molecule has 0 atom stereocenters. The van der Waals surface area contributed by atoms with Crippen LogP contribution in [0, 0.1) is 34.1 Å². The summed E-state index contributed by atoms with van der Waals surface area (Å²) < 4.78 is 0. The molecule has 0 amide bonds. The summed E-state index contributed by atoms with van der Waals surface area (Å²) in [4.78, 5) is 0. The Bertz CT molecular complexity index is 956. The van der Waals surface area contributed by atoms with Crippen LogP contribution in [0.2, 0.25) is 0 Å². The minimum atomic E-state index is -2.62. The first-order valence-corrected chi connectivity index (χ1v) is 19.4. The van der Waals surface area contributed by atoms with E-state index < -0.39 is 10.6 Å². The zero-order chi connectivity index (χ0) is 23.3. The summed E-state index contributed by atoms with van der Waals surface area (Å²) in [6.07, 6.45) is 0. The van der Waals surface area contributed by atoms with E-state index in [1.165, 1.54) is 21.2 Å². The van der Waals surface area contributed by atoms with Gasteiger partial charge < -0.3 is 7.43 Å². The second-order valence-electron chi connectivity index (χ2n) is 8.09. The largest absolute Gasteiger partial charge is 0.358 e. The molecular weight excluding hydrogens is 964 g/mol. The van der Waals surface area contributed by atoms with E-state index in [2.05, 4.69) is 106 Å². The summed E-state index contributed by atoms with van der Waals surface area (Å²) in [6, 6.07) is 40.9. The van der Waals surface area contributed by atoms with E-state index in [-0.39, 0.29) is 52.2 Å². The van der Waals surface area contributed by atoms with Crippen LogP contribution in [0.4, 0.5) is 0 Å². The molecule has 195 valence electrons. The van der Waals surface area contributed by atoms with Crippen LogP contribution >= 0.6 is 41.6 Å². The van der Waals surface area contributed by atoms with Crippen LogP contribution in [0.1, 0.15) is 0 Å². The third-order valence-corrected chi connectivity index (χ3v) is 16.2. The number of benzene rings is 4. The summed E-state index contributed by atoms with van der Waals surface area (Å²) >= 11 is 7.62. The summed E-state index contributed by atoms with van der Waals surface area (Å²) in [6.45, 7) is 17.5. The minimum Gasteiger partial charge on any atom is -0.358 e. The van der Waals surface area contributed by atoms with Gasteiger partial charge in [0.2, 0.25) is 0 Å². The second-order valence-corrected chi connectivity index (χ2v) is 25.9. The molecule has 4 aromatic rings. The summed E-state index contributed by atoms with van der Waals surface area (Å²) in [5.74, 6) is 0. The summed E-state index contributed by atoms with van der Waals surface area (Å²) in [7, 11) is 0. The Labute approximate surface area is 260 Å². The van der Waals surface area contributed by atoms with Gasteiger partial charge in [0, 0.05) is 22.4 Å². The van der Waals surface area contributed by atoms with Crippen LogP contribution < -0.4 is 21.2 Å². The van der Waals surface area contributed by atoms with Crippen molar-refractivity contribution < 1.29 is 44.8 Å². The molecule has 35 heavy (non-hydrogen) atoms. The maximum absolute atomic E-state index is 4.38. The van der Waals surface area contributed by atoms with Gasteiger partial charge in [-0.2, -0.15) is 0 Å². The van der Waals surface area contributed by atoms with Gasteiger partial charge in [-0.15, -0.1) is 0 Å². The predicted molar refractivity (Wildman–Crippen MR) is 164 cm³/mol. The third kappa shape index (κ3) is 8.59. The number of halogens is 2. The molecule has 0 saturated heterocycles. The van der Waals surface area contributed by atoms with Crippen molar-refractivity contribution in [3.63, 3.8) is 0 Å². The number of hydrogen-bond acceptors (Lipinski definition) is 0. The molecule has 0 aliphatic heterocycles. The molecule has 0 aromatic heterocycles. The van der Waals surface area contributed by atoms with Gasteiger partial charge in [-0.05, 0) is 0 Å². The van der Waals surface area contributed by atoms with Crippen molar-refractivity contribution in [1.29, 1.82) is 0 Å². The van der Waals surface area contributed by atoms with Gasteiger partial charge in [0.15, 0.2) is 0 Å². The van der Waals surface area contributed by atoms with Crippen LogP contribution in [0.5, 0.6) is 0 Å². The maximum atomic E-state index is 4.38. The fourth-order valence-corrected chi connectivity index (χ4v) is 10.2. The first kappa shape index (κ1) is 35.2. The molecule has 0 aliphatic rings. The Hall–Kier alpha value is 0.181. The zero-order valence-electron chi connectivity index (χ0n) is 19.6. The molecule has 4 rings (SSSR count). The SMILES string of the molecule is [Au+3].[Au].[CH2-]P([CH2-])(Br)(c1ccccc1)c1ccccc1.[CH2-]P([CH2-])(Br)(c1ccccc1)c1ccccc1.[CH3-]. The van der Waals surface area contributed by atoms with Crippen LogP contribution in [-0.4, -0.2) is 0 Å². The fourth-order valence-electron chi connectivity index (χ4n) is 3.38. The van der Waals surface area contributed by atoms with Crippen LogP contribution in [0.3, 0.4) is 0 Å². The smallest absolute Gasteiger partial charge is 0.358 e. The first-order valence-electron chi connectivity index (χ1n) is 10.1. The van der Waals surface area contributed by atoms with Crippen molar-refractivity contribution in [3.8, 4) is 0 Å². The van der Waals surface area contributed by atoms with Crippen molar-refractivity contribution in [2.24, 2.45) is 0 Å². The molecule has 0 saturated carbocycles. The quantitative estimate of drug-likeness (QED) is 0.109. The van der Waals surface area contributed by atoms with E-state index in [1.54, 1.807) is 0 Å². The molecule has 0 heterocycles. The molecule has 0 aliphatic carbocycles. The van der Waals surface area contributed by atoms with Crippen LogP contribution in [0.25, 0.3) is 0 Å². The van der Waals surface area contributed by atoms with E-state index in [4.69, 9.17) is 0 Å². The molecule has 0 spiro atoms. The average Bonchev–Trinajstić information content (AvgIpc) is 2.81. The Kier molecular flexibility index (Phi) is 13.9. The van der Waals surface area contributed by atoms with E-state index >= 15 is 0 Å². The Morgan fingerprint density at radius 3 is 0.686 bits per heavy atom. The first-order chi connectivity index (χ1) is 15.0. The molecule has 6 heteroatoms. The van der Waals surface area contributed by atoms with E-state index in [1.807, 2.05) is 72.8 Å². The van der Waals surface area contributed by atoms with E-state index in [0.29, 0.717) is 0 Å². The van der Waals surface area contributed by atoms with Gasteiger partial charge in [-0.3, -0.25) is 0 Å². The molecule has 4 aromatic carbocycles. The summed E-state index contributed by atoms with van der Waals surface area (Å²) in [5.41, 5.74) is 0. The van der Waals surface area contributed by atoms with Crippen molar-refractivity contribution in [2.75, 3.05) is 0 Å². The molecule has 0 bridgehead atoms. The average molecular weight is 995 g/mol. The monoisotopic (exact) mass is 993 g/mol. The van der Waals surface area contributed by atoms with Crippen molar-refractivity contribution in [2.45, 2.75) is 0 Å². The van der Waals surface area contributed by atoms with Gasteiger partial charge in [0.25, 0.3) is 0 Å². The van der Waals surface area contributed by atoms with Crippen molar-refractivity contribution in [3.05, 3.63) is 155 Å². The zero-order valence-corrected chi connectivity index (χ0v) is 28.9. The Balaban J connectivity index is 0.000000608. The Morgan fingerprint density at radius 1 is 0.400 bits per heavy atom. The van der Waals surface area contributed by atoms with Crippen molar-refractivity contribution >= 4 is 62.8 Å². The van der Waals surface area contributed by atoms with E-state index in [0.717, 1.165) is 0 Å². The maximum Gasteiger partial charge on any atom is -0.358 e.